The first-order valence-electron chi connectivity index (χ1n) is 9.40. The molecular weight excluding hydrogens is 366 g/mol. The van der Waals surface area contributed by atoms with Crippen LogP contribution >= 0.6 is 11.3 Å². The van der Waals surface area contributed by atoms with E-state index in [1.807, 2.05) is 49.5 Å². The van der Waals surface area contributed by atoms with Crippen molar-refractivity contribution in [3.63, 3.8) is 0 Å². The van der Waals surface area contributed by atoms with Crippen molar-refractivity contribution in [2.45, 2.75) is 25.8 Å². The van der Waals surface area contributed by atoms with Gasteiger partial charge in [0.25, 0.3) is 5.91 Å². The van der Waals surface area contributed by atoms with Gasteiger partial charge >= 0.3 is 0 Å². The fourth-order valence-corrected chi connectivity index (χ4v) is 4.73. The normalized spacial score (nSPS) is 15.5. The Morgan fingerprint density at radius 3 is 2.89 bits per heavy atom. The molecule has 1 atom stereocenters. The van der Waals surface area contributed by atoms with E-state index in [1.54, 1.807) is 11.3 Å². The summed E-state index contributed by atoms with van der Waals surface area (Å²) in [4.78, 5) is 21.9. The molecule has 0 saturated carbocycles. The Bertz CT molecular complexity index is 1180. The summed E-state index contributed by atoms with van der Waals surface area (Å²) in [6.07, 6.45) is 3.82. The number of nitrogens with one attached hydrogen (secondary N) is 1. The van der Waals surface area contributed by atoms with Crippen LogP contribution in [0, 0.1) is 6.92 Å². The van der Waals surface area contributed by atoms with Crippen molar-refractivity contribution in [1.29, 1.82) is 0 Å². The van der Waals surface area contributed by atoms with Crippen molar-refractivity contribution in [1.82, 2.24) is 15.3 Å². The molecule has 0 fully saturated rings. The largest absolute Gasteiger partial charge is 0.345 e. The van der Waals surface area contributed by atoms with Crippen LogP contribution in [0.5, 0.6) is 0 Å². The van der Waals surface area contributed by atoms with Crippen LogP contribution in [-0.2, 0) is 6.42 Å². The first-order valence-corrected chi connectivity index (χ1v) is 10.2. The van der Waals surface area contributed by atoms with Gasteiger partial charge in [0, 0.05) is 23.0 Å². The number of fused-ring (bicyclic) bond motifs is 2. The van der Waals surface area contributed by atoms with Crippen molar-refractivity contribution in [2.24, 2.45) is 0 Å². The van der Waals surface area contributed by atoms with Gasteiger partial charge in [0.15, 0.2) is 0 Å². The average Bonchev–Trinajstić information content (AvgIpc) is 3.32. The van der Waals surface area contributed by atoms with E-state index in [1.165, 1.54) is 11.1 Å². The van der Waals surface area contributed by atoms with Crippen LogP contribution in [0.1, 0.15) is 39.6 Å². The summed E-state index contributed by atoms with van der Waals surface area (Å²) >= 11 is 1.59. The minimum absolute atomic E-state index is 0.0319. The topological polar surface area (TPSA) is 54.9 Å². The van der Waals surface area contributed by atoms with E-state index in [4.69, 9.17) is 4.98 Å². The third kappa shape index (κ3) is 3.08. The Balaban J connectivity index is 1.40. The van der Waals surface area contributed by atoms with Gasteiger partial charge in [-0.25, -0.2) is 4.98 Å². The molecular formula is C23H19N3OS. The summed E-state index contributed by atoms with van der Waals surface area (Å²) in [6, 6.07) is 18.2. The quantitative estimate of drug-likeness (QED) is 0.535. The highest BCUT2D eigenvalue weighted by Gasteiger charge is 2.24. The Morgan fingerprint density at radius 1 is 1.14 bits per heavy atom. The number of aromatic nitrogens is 2. The Kier molecular flexibility index (Phi) is 4.17. The van der Waals surface area contributed by atoms with E-state index >= 15 is 0 Å². The molecule has 0 radical (unpaired) electrons. The van der Waals surface area contributed by atoms with Gasteiger partial charge in [-0.05, 0) is 61.2 Å². The summed E-state index contributed by atoms with van der Waals surface area (Å²) < 4.78 is 1.01. The van der Waals surface area contributed by atoms with E-state index < -0.39 is 0 Å². The Hall–Kier alpha value is -3.05. The highest BCUT2D eigenvalue weighted by molar-refractivity contribution is 7.21. The van der Waals surface area contributed by atoms with E-state index in [0.717, 1.165) is 39.3 Å². The van der Waals surface area contributed by atoms with Crippen LogP contribution in [0.4, 0.5) is 0 Å². The van der Waals surface area contributed by atoms with E-state index in [9.17, 15) is 4.79 Å². The zero-order valence-electron chi connectivity index (χ0n) is 15.5. The number of amides is 1. The number of aryl methyl sites for hydroxylation is 2. The molecule has 1 aliphatic rings. The number of benzene rings is 2. The van der Waals surface area contributed by atoms with Gasteiger partial charge in [-0.15, -0.1) is 11.3 Å². The molecule has 4 nitrogen and oxygen atoms in total. The second kappa shape index (κ2) is 6.84. The van der Waals surface area contributed by atoms with Gasteiger partial charge in [-0.1, -0.05) is 24.3 Å². The first-order chi connectivity index (χ1) is 13.7. The number of hydrogen-bond acceptors (Lipinski definition) is 4. The molecule has 138 valence electrons. The summed E-state index contributed by atoms with van der Waals surface area (Å²) in [5, 5.41) is 4.12. The molecule has 28 heavy (non-hydrogen) atoms. The number of carbonyl (C=O) groups is 1. The lowest BCUT2D eigenvalue weighted by Gasteiger charge is -2.14. The first kappa shape index (κ1) is 17.1. The maximum absolute atomic E-state index is 12.8. The third-order valence-electron chi connectivity index (χ3n) is 5.25. The van der Waals surface area contributed by atoms with E-state index in [0.29, 0.717) is 5.56 Å². The SMILES string of the molecule is Cc1ccc(-c2nc3ccc(C(=O)NC4CCc5ccccc54)cc3s2)cn1. The maximum atomic E-state index is 12.8. The van der Waals surface area contributed by atoms with Crippen molar-refractivity contribution >= 4 is 27.5 Å². The molecule has 4 aromatic rings. The van der Waals surface area contributed by atoms with Gasteiger partial charge in [-0.3, -0.25) is 9.78 Å². The van der Waals surface area contributed by atoms with Crippen molar-refractivity contribution in [3.8, 4) is 10.6 Å². The number of carbonyl (C=O) groups excluding carboxylic acids is 1. The molecule has 1 unspecified atom stereocenters. The lowest BCUT2D eigenvalue weighted by atomic mass is 10.1. The molecule has 1 aliphatic carbocycles. The van der Waals surface area contributed by atoms with Gasteiger partial charge in [0.05, 0.1) is 16.3 Å². The maximum Gasteiger partial charge on any atom is 0.251 e. The van der Waals surface area contributed by atoms with Crippen molar-refractivity contribution in [2.75, 3.05) is 0 Å². The highest BCUT2D eigenvalue weighted by Crippen LogP contribution is 2.32. The van der Waals surface area contributed by atoms with Gasteiger partial charge < -0.3 is 5.32 Å². The molecule has 5 heteroatoms. The summed E-state index contributed by atoms with van der Waals surface area (Å²) in [5.74, 6) is -0.0319. The van der Waals surface area contributed by atoms with Crippen LogP contribution in [-0.4, -0.2) is 15.9 Å². The highest BCUT2D eigenvalue weighted by atomic mass is 32.1. The smallest absolute Gasteiger partial charge is 0.251 e. The Morgan fingerprint density at radius 2 is 2.04 bits per heavy atom. The molecule has 0 bridgehead atoms. The average molecular weight is 385 g/mol. The fraction of sp³-hybridized carbons (Fsp3) is 0.174. The molecule has 0 spiro atoms. The molecule has 0 saturated heterocycles. The molecule has 2 aromatic carbocycles. The lowest BCUT2D eigenvalue weighted by Crippen LogP contribution is -2.27. The van der Waals surface area contributed by atoms with Crippen LogP contribution < -0.4 is 5.32 Å². The lowest BCUT2D eigenvalue weighted by molar-refractivity contribution is 0.0937. The van der Waals surface area contributed by atoms with Gasteiger partial charge in [0.1, 0.15) is 5.01 Å². The van der Waals surface area contributed by atoms with Crippen LogP contribution in [0.2, 0.25) is 0 Å². The zero-order valence-corrected chi connectivity index (χ0v) is 16.3. The monoisotopic (exact) mass is 385 g/mol. The number of pyridine rings is 1. The molecule has 0 aliphatic heterocycles. The molecule has 1 N–H and O–H groups in total. The third-order valence-corrected chi connectivity index (χ3v) is 6.31. The number of nitrogens with zero attached hydrogens (tertiary/aromatic N) is 2. The summed E-state index contributed by atoms with van der Waals surface area (Å²) in [6.45, 7) is 1.97. The second-order valence-corrected chi connectivity index (χ2v) is 8.18. The fourth-order valence-electron chi connectivity index (χ4n) is 3.73. The van der Waals surface area contributed by atoms with Crippen molar-refractivity contribution < 1.29 is 4.79 Å². The van der Waals surface area contributed by atoms with Crippen LogP contribution in [0.15, 0.2) is 60.8 Å². The second-order valence-electron chi connectivity index (χ2n) is 7.15. The van der Waals surface area contributed by atoms with Gasteiger partial charge in [-0.2, -0.15) is 0 Å². The summed E-state index contributed by atoms with van der Waals surface area (Å²) in [5.41, 5.74) is 6.14. The van der Waals surface area contributed by atoms with E-state index in [2.05, 4.69) is 28.5 Å². The number of rotatable bonds is 3. The molecule has 5 rings (SSSR count). The number of hydrogen-bond donors (Lipinski definition) is 1. The van der Waals surface area contributed by atoms with Gasteiger partial charge in [0.2, 0.25) is 0 Å². The molecule has 1 amide bonds. The minimum atomic E-state index is -0.0319. The predicted molar refractivity (Wildman–Crippen MR) is 113 cm³/mol. The summed E-state index contributed by atoms with van der Waals surface area (Å²) in [7, 11) is 0. The Labute approximate surface area is 167 Å². The molecule has 2 aromatic heterocycles. The number of thiazole rings is 1. The molecule has 2 heterocycles. The zero-order chi connectivity index (χ0) is 19.1. The standard InChI is InChI=1S/C23H19N3OS/c1-14-6-7-17(13-24-14)23-26-20-11-9-16(12-21(20)28-23)22(27)25-19-10-8-15-4-2-3-5-18(15)19/h2-7,9,11-13,19H,8,10H2,1H3,(H,25,27). The van der Waals surface area contributed by atoms with Crippen LogP contribution in [0.3, 0.4) is 0 Å². The van der Waals surface area contributed by atoms with Crippen LogP contribution in [0.25, 0.3) is 20.8 Å². The predicted octanol–water partition coefficient (Wildman–Crippen LogP) is 5.08. The minimum Gasteiger partial charge on any atom is -0.345 e. The van der Waals surface area contributed by atoms with Crippen molar-refractivity contribution in [3.05, 3.63) is 83.2 Å². The van der Waals surface area contributed by atoms with E-state index in [-0.39, 0.29) is 11.9 Å².